The summed E-state index contributed by atoms with van der Waals surface area (Å²) in [5, 5.41) is -0.388. The predicted octanol–water partition coefficient (Wildman–Crippen LogP) is 3.65. The normalized spacial score (nSPS) is 22.9. The summed E-state index contributed by atoms with van der Waals surface area (Å²) < 4.78 is 43.1. The second-order valence-electron chi connectivity index (χ2n) is 4.09. The lowest BCUT2D eigenvalue weighted by Gasteiger charge is -2.33. The number of hydrogen-bond donors (Lipinski definition) is 1. The number of halogens is 5. The van der Waals surface area contributed by atoms with Crippen LogP contribution >= 0.6 is 24.0 Å². The van der Waals surface area contributed by atoms with Gasteiger partial charge in [-0.2, -0.15) is 13.2 Å². The number of rotatable bonds is 2. The Labute approximate surface area is 114 Å². The number of benzene rings is 1. The Bertz CT molecular complexity index is 419. The Hall–Kier alpha value is -0.650. The minimum atomic E-state index is -4.47. The van der Waals surface area contributed by atoms with E-state index < -0.39 is 11.7 Å². The molecule has 1 saturated carbocycles. The molecule has 2 N–H and O–H groups in total. The van der Waals surface area contributed by atoms with Crippen molar-refractivity contribution in [2.75, 3.05) is 0 Å². The minimum absolute atomic E-state index is 0. The monoisotopic (exact) mass is 301 g/mol. The standard InChI is InChI=1S/C11H11ClF3NO.ClH/c12-10-8(11(13,14)15)2-1-3-9(10)17-7-4-6(16)5-7;/h1-3,6-7H,4-5,16H2;1H/t6-,7-;. The van der Waals surface area contributed by atoms with Gasteiger partial charge in [0.15, 0.2) is 0 Å². The molecule has 0 aromatic heterocycles. The molecule has 18 heavy (non-hydrogen) atoms. The lowest BCUT2D eigenvalue weighted by atomic mass is 9.90. The van der Waals surface area contributed by atoms with Crippen molar-refractivity contribution in [2.45, 2.75) is 31.2 Å². The van der Waals surface area contributed by atoms with E-state index >= 15 is 0 Å². The first-order valence-electron chi connectivity index (χ1n) is 5.16. The quantitative estimate of drug-likeness (QED) is 0.905. The van der Waals surface area contributed by atoms with Crippen LogP contribution in [0.15, 0.2) is 18.2 Å². The van der Waals surface area contributed by atoms with E-state index in [1.165, 1.54) is 12.1 Å². The summed E-state index contributed by atoms with van der Waals surface area (Å²) in [5.41, 5.74) is 4.69. The maximum Gasteiger partial charge on any atom is 0.417 e. The Morgan fingerprint density at radius 1 is 1.28 bits per heavy atom. The summed E-state index contributed by atoms with van der Waals surface area (Å²) in [4.78, 5) is 0. The fourth-order valence-electron chi connectivity index (χ4n) is 1.70. The van der Waals surface area contributed by atoms with Crippen molar-refractivity contribution in [1.82, 2.24) is 0 Å². The zero-order valence-corrected chi connectivity index (χ0v) is 10.8. The Balaban J connectivity index is 0.00000162. The van der Waals surface area contributed by atoms with Crippen LogP contribution in [0.1, 0.15) is 18.4 Å². The molecule has 0 spiro atoms. The lowest BCUT2D eigenvalue weighted by Crippen LogP contribution is -2.43. The van der Waals surface area contributed by atoms with Crippen LogP contribution in [0.4, 0.5) is 13.2 Å². The van der Waals surface area contributed by atoms with Crippen molar-refractivity contribution < 1.29 is 17.9 Å². The fraction of sp³-hybridized carbons (Fsp3) is 0.455. The number of alkyl halides is 3. The summed E-state index contributed by atoms with van der Waals surface area (Å²) in [6, 6.07) is 3.72. The van der Waals surface area contributed by atoms with Gasteiger partial charge in [-0.3, -0.25) is 0 Å². The van der Waals surface area contributed by atoms with Crippen molar-refractivity contribution in [3.05, 3.63) is 28.8 Å². The number of nitrogens with two attached hydrogens (primary N) is 1. The molecule has 0 radical (unpaired) electrons. The van der Waals surface area contributed by atoms with Crippen LogP contribution in [0.5, 0.6) is 5.75 Å². The van der Waals surface area contributed by atoms with Gasteiger partial charge >= 0.3 is 6.18 Å². The SMILES string of the molecule is Cl.N[C@H]1C[C@H](Oc2cccc(C(F)(F)F)c2Cl)C1. The molecule has 0 saturated heterocycles. The van der Waals surface area contributed by atoms with Crippen LogP contribution in [-0.2, 0) is 6.18 Å². The molecular weight excluding hydrogens is 290 g/mol. The molecule has 7 heteroatoms. The van der Waals surface area contributed by atoms with Crippen molar-refractivity contribution in [1.29, 1.82) is 0 Å². The topological polar surface area (TPSA) is 35.2 Å². The smallest absolute Gasteiger partial charge is 0.417 e. The van der Waals surface area contributed by atoms with Gasteiger partial charge in [0.1, 0.15) is 11.9 Å². The van der Waals surface area contributed by atoms with Crippen LogP contribution < -0.4 is 10.5 Å². The van der Waals surface area contributed by atoms with Crippen LogP contribution in [-0.4, -0.2) is 12.1 Å². The Morgan fingerprint density at radius 2 is 1.89 bits per heavy atom. The molecule has 1 aliphatic rings. The molecule has 1 fully saturated rings. The van der Waals surface area contributed by atoms with Crippen molar-refractivity contribution in [3.63, 3.8) is 0 Å². The molecule has 102 valence electrons. The van der Waals surface area contributed by atoms with E-state index in [4.69, 9.17) is 22.1 Å². The van der Waals surface area contributed by atoms with E-state index in [0.29, 0.717) is 12.8 Å². The number of ether oxygens (including phenoxy) is 1. The summed E-state index contributed by atoms with van der Waals surface area (Å²) in [6.07, 6.45) is -3.31. The highest BCUT2D eigenvalue weighted by Gasteiger charge is 2.35. The molecular formula is C11H12Cl2F3NO. The van der Waals surface area contributed by atoms with Gasteiger partial charge in [0.25, 0.3) is 0 Å². The molecule has 2 nitrogen and oxygen atoms in total. The molecule has 0 amide bonds. The molecule has 0 heterocycles. The number of hydrogen-bond acceptors (Lipinski definition) is 2. The van der Waals surface area contributed by atoms with E-state index in [-0.39, 0.29) is 35.3 Å². The summed E-state index contributed by atoms with van der Waals surface area (Å²) >= 11 is 5.68. The zero-order chi connectivity index (χ0) is 12.6. The van der Waals surface area contributed by atoms with E-state index in [0.717, 1.165) is 6.07 Å². The third-order valence-corrected chi connectivity index (χ3v) is 3.08. The Kier molecular flexibility index (Phi) is 4.75. The first-order chi connectivity index (χ1) is 7.88. The first kappa shape index (κ1) is 15.4. The second kappa shape index (κ2) is 5.55. The van der Waals surface area contributed by atoms with Gasteiger partial charge in [-0.25, -0.2) is 0 Å². The molecule has 0 bridgehead atoms. The molecule has 0 atom stereocenters. The summed E-state index contributed by atoms with van der Waals surface area (Å²) in [5.74, 6) is 0.0680. The van der Waals surface area contributed by atoms with E-state index in [2.05, 4.69) is 0 Å². The minimum Gasteiger partial charge on any atom is -0.489 e. The van der Waals surface area contributed by atoms with Crippen molar-refractivity contribution >= 4 is 24.0 Å². The third-order valence-electron chi connectivity index (χ3n) is 2.69. The van der Waals surface area contributed by atoms with Gasteiger partial charge < -0.3 is 10.5 Å². The molecule has 0 unspecified atom stereocenters. The highest BCUT2D eigenvalue weighted by atomic mass is 35.5. The maximum atomic E-state index is 12.6. The summed E-state index contributed by atoms with van der Waals surface area (Å²) in [7, 11) is 0. The maximum absolute atomic E-state index is 12.6. The van der Waals surface area contributed by atoms with Crippen molar-refractivity contribution in [2.24, 2.45) is 5.73 Å². The van der Waals surface area contributed by atoms with Gasteiger partial charge in [0, 0.05) is 6.04 Å². The third kappa shape index (κ3) is 3.22. The van der Waals surface area contributed by atoms with Crippen LogP contribution in [0.3, 0.4) is 0 Å². The van der Waals surface area contributed by atoms with Crippen LogP contribution in [0, 0.1) is 0 Å². The predicted molar refractivity (Wildman–Crippen MR) is 65.3 cm³/mol. The van der Waals surface area contributed by atoms with E-state index in [1.807, 2.05) is 0 Å². The van der Waals surface area contributed by atoms with Gasteiger partial charge in [0.2, 0.25) is 0 Å². The molecule has 0 aliphatic heterocycles. The highest BCUT2D eigenvalue weighted by Crippen LogP contribution is 2.40. The van der Waals surface area contributed by atoms with Crippen LogP contribution in [0.25, 0.3) is 0 Å². The Morgan fingerprint density at radius 3 is 2.39 bits per heavy atom. The molecule has 1 aromatic carbocycles. The van der Waals surface area contributed by atoms with Gasteiger partial charge in [0.05, 0.1) is 10.6 Å². The van der Waals surface area contributed by atoms with Gasteiger partial charge in [-0.1, -0.05) is 17.7 Å². The van der Waals surface area contributed by atoms with Gasteiger partial charge in [-0.15, -0.1) is 12.4 Å². The zero-order valence-electron chi connectivity index (χ0n) is 9.21. The van der Waals surface area contributed by atoms with E-state index in [1.54, 1.807) is 0 Å². The average molecular weight is 302 g/mol. The summed E-state index contributed by atoms with van der Waals surface area (Å²) in [6.45, 7) is 0. The van der Waals surface area contributed by atoms with E-state index in [9.17, 15) is 13.2 Å². The molecule has 1 aromatic rings. The lowest BCUT2D eigenvalue weighted by molar-refractivity contribution is -0.137. The largest absolute Gasteiger partial charge is 0.489 e. The molecule has 1 aliphatic carbocycles. The van der Waals surface area contributed by atoms with Gasteiger partial charge in [-0.05, 0) is 25.0 Å². The highest BCUT2D eigenvalue weighted by molar-refractivity contribution is 6.32. The van der Waals surface area contributed by atoms with Crippen LogP contribution in [0.2, 0.25) is 5.02 Å². The first-order valence-corrected chi connectivity index (χ1v) is 5.53. The second-order valence-corrected chi connectivity index (χ2v) is 4.46. The molecule has 2 rings (SSSR count). The average Bonchev–Trinajstić information content (AvgIpc) is 2.16. The van der Waals surface area contributed by atoms with Crippen molar-refractivity contribution in [3.8, 4) is 5.75 Å². The fourth-order valence-corrected chi connectivity index (χ4v) is 1.98.